The van der Waals surface area contributed by atoms with Crippen molar-refractivity contribution in [2.24, 2.45) is 0 Å². The highest BCUT2D eigenvalue weighted by Crippen LogP contribution is 2.15. The Morgan fingerprint density at radius 2 is 2.00 bits per heavy atom. The summed E-state index contributed by atoms with van der Waals surface area (Å²) in [5.74, 6) is 0.639. The molecule has 4 heteroatoms. The Bertz CT molecular complexity index is 310. The molecule has 0 radical (unpaired) electrons. The van der Waals surface area contributed by atoms with Crippen LogP contribution in [0.2, 0.25) is 0 Å². The second kappa shape index (κ2) is 3.22. The van der Waals surface area contributed by atoms with Crippen molar-refractivity contribution in [2.75, 3.05) is 28.3 Å². The highest BCUT2D eigenvalue weighted by molar-refractivity contribution is 5.88. The van der Waals surface area contributed by atoms with Crippen molar-refractivity contribution in [3.05, 3.63) is 17.8 Å². The maximum Gasteiger partial charge on any atom is 0.354 e. The molecule has 1 aromatic heterocycles. The Kier molecular flexibility index (Phi) is 2.43. The summed E-state index contributed by atoms with van der Waals surface area (Å²) in [5, 5.41) is 0. The van der Waals surface area contributed by atoms with Crippen molar-refractivity contribution >= 4 is 11.8 Å². The molecule has 0 unspecified atom stereocenters. The van der Waals surface area contributed by atoms with Crippen molar-refractivity contribution in [1.29, 1.82) is 0 Å². The van der Waals surface area contributed by atoms with Gasteiger partial charge in [0.15, 0.2) is 0 Å². The van der Waals surface area contributed by atoms with Crippen LogP contribution in [0.1, 0.15) is 10.5 Å². The van der Waals surface area contributed by atoms with Crippen LogP contribution in [-0.4, -0.2) is 39.2 Å². The van der Waals surface area contributed by atoms with E-state index in [4.69, 9.17) is 0 Å². The van der Waals surface area contributed by atoms with E-state index < -0.39 is 0 Å². The molecule has 0 bridgehead atoms. The van der Waals surface area contributed by atoms with Crippen LogP contribution in [0.3, 0.4) is 0 Å². The van der Waals surface area contributed by atoms with E-state index in [2.05, 4.69) is 9.72 Å². The first-order valence-corrected chi connectivity index (χ1v) is 4.04. The molecule has 72 valence electrons. The summed E-state index contributed by atoms with van der Waals surface area (Å²) in [6.45, 7) is 0. The maximum atomic E-state index is 11.1. The predicted octanol–water partition coefficient (Wildman–Crippen LogP) is 0.998. The molecule has 0 saturated carbocycles. The lowest BCUT2D eigenvalue weighted by molar-refractivity contribution is 0.0594. The van der Waals surface area contributed by atoms with Gasteiger partial charge in [0.05, 0.1) is 28.3 Å². The lowest BCUT2D eigenvalue weighted by atomic mass is 10.4. The van der Waals surface area contributed by atoms with Crippen LogP contribution in [0.25, 0.3) is 0 Å². The van der Waals surface area contributed by atoms with E-state index in [9.17, 15) is 4.79 Å². The van der Waals surface area contributed by atoms with E-state index in [1.165, 1.54) is 7.11 Å². The number of aromatic nitrogens is 1. The van der Waals surface area contributed by atoms with E-state index in [1.54, 1.807) is 6.07 Å². The van der Waals surface area contributed by atoms with Crippen molar-refractivity contribution in [3.8, 4) is 0 Å². The van der Waals surface area contributed by atoms with Crippen molar-refractivity contribution < 1.29 is 9.53 Å². The van der Waals surface area contributed by atoms with Gasteiger partial charge in [0.1, 0.15) is 5.69 Å². The van der Waals surface area contributed by atoms with Crippen molar-refractivity contribution in [2.45, 2.75) is 0 Å². The lowest BCUT2D eigenvalue weighted by Gasteiger charge is -2.20. The molecule has 4 nitrogen and oxygen atoms in total. The minimum absolute atomic E-state index is 0.334. The number of hydrogen-bond donors (Lipinski definition) is 1. The standard InChI is InChI=1S/C9H14N2O2/c1-11(2,3)8-6-5-7(10-8)9(12)13-4/h5-6H,1-4H3/p+1. The monoisotopic (exact) mass is 183 g/mol. The van der Waals surface area contributed by atoms with Crippen LogP contribution in [0.15, 0.2) is 12.1 Å². The zero-order chi connectivity index (χ0) is 10.1. The Morgan fingerprint density at radius 1 is 1.38 bits per heavy atom. The van der Waals surface area contributed by atoms with E-state index in [0.29, 0.717) is 10.2 Å². The third-order valence-electron chi connectivity index (χ3n) is 1.80. The molecule has 1 N–H and O–H groups in total. The fraction of sp³-hybridized carbons (Fsp3) is 0.444. The molecule has 0 aliphatic heterocycles. The summed E-state index contributed by atoms with van der Waals surface area (Å²) in [7, 11) is 7.43. The number of hydrogen-bond acceptors (Lipinski definition) is 2. The van der Waals surface area contributed by atoms with Gasteiger partial charge in [-0.2, -0.15) is 0 Å². The minimum Gasteiger partial charge on any atom is -0.464 e. The number of nitrogens with zero attached hydrogens (tertiary/aromatic N) is 1. The number of esters is 1. The molecule has 0 aromatic carbocycles. The Labute approximate surface area is 77.7 Å². The van der Waals surface area contributed by atoms with Crippen LogP contribution in [0.4, 0.5) is 5.82 Å². The molecule has 13 heavy (non-hydrogen) atoms. The Morgan fingerprint density at radius 3 is 2.38 bits per heavy atom. The molecule has 0 aliphatic rings. The maximum absolute atomic E-state index is 11.1. The van der Waals surface area contributed by atoms with Gasteiger partial charge in [-0.15, -0.1) is 0 Å². The van der Waals surface area contributed by atoms with Gasteiger partial charge >= 0.3 is 5.97 Å². The summed E-state index contributed by atoms with van der Waals surface area (Å²) < 4.78 is 5.23. The highest BCUT2D eigenvalue weighted by atomic mass is 16.5. The smallest absolute Gasteiger partial charge is 0.354 e. The fourth-order valence-corrected chi connectivity index (χ4v) is 1.00. The third-order valence-corrected chi connectivity index (χ3v) is 1.80. The van der Waals surface area contributed by atoms with Crippen LogP contribution >= 0.6 is 0 Å². The second-order valence-electron chi connectivity index (χ2n) is 3.76. The predicted molar refractivity (Wildman–Crippen MR) is 51.7 cm³/mol. The number of aromatic amines is 1. The number of carbonyl (C=O) groups is 1. The lowest BCUT2D eigenvalue weighted by Crippen LogP contribution is -2.35. The highest BCUT2D eigenvalue weighted by Gasteiger charge is 2.17. The first kappa shape index (κ1) is 9.80. The van der Waals surface area contributed by atoms with Crippen LogP contribution < -0.4 is 4.48 Å². The van der Waals surface area contributed by atoms with Gasteiger partial charge in [-0.3, -0.25) is 4.48 Å². The first-order valence-electron chi connectivity index (χ1n) is 4.04. The van der Waals surface area contributed by atoms with Crippen LogP contribution in [0.5, 0.6) is 0 Å². The Hall–Kier alpha value is -1.29. The van der Waals surface area contributed by atoms with Crippen molar-refractivity contribution in [1.82, 2.24) is 9.47 Å². The number of carbonyl (C=O) groups excluding carboxylic acids is 1. The number of quaternary nitrogens is 1. The average molecular weight is 183 g/mol. The molecule has 0 atom stereocenters. The molecule has 1 aromatic rings. The zero-order valence-corrected chi connectivity index (χ0v) is 8.42. The van der Waals surface area contributed by atoms with E-state index in [0.717, 1.165) is 5.82 Å². The van der Waals surface area contributed by atoms with Gasteiger partial charge in [-0.25, -0.2) is 4.79 Å². The summed E-state index contributed by atoms with van der Waals surface area (Å²) in [6, 6.07) is 3.61. The molecule has 0 saturated heterocycles. The summed E-state index contributed by atoms with van der Waals surface area (Å²) in [5.41, 5.74) is 0.491. The van der Waals surface area contributed by atoms with E-state index in [1.807, 2.05) is 27.2 Å². The molecule has 1 heterocycles. The van der Waals surface area contributed by atoms with Crippen LogP contribution in [-0.2, 0) is 4.74 Å². The molecular formula is C9H15N2O2+. The van der Waals surface area contributed by atoms with Gasteiger partial charge in [0.25, 0.3) is 0 Å². The minimum atomic E-state index is -0.334. The summed E-state index contributed by atoms with van der Waals surface area (Å²) in [6.07, 6.45) is 0. The first-order chi connectivity index (χ1) is 5.95. The van der Waals surface area contributed by atoms with Gasteiger partial charge in [0.2, 0.25) is 5.82 Å². The molecular weight excluding hydrogens is 168 g/mol. The fourth-order valence-electron chi connectivity index (χ4n) is 1.00. The normalized spacial score (nSPS) is 11.4. The largest absolute Gasteiger partial charge is 0.464 e. The summed E-state index contributed by atoms with van der Waals surface area (Å²) in [4.78, 5) is 14.1. The molecule has 0 spiro atoms. The molecule has 0 fully saturated rings. The topological polar surface area (TPSA) is 42.1 Å². The van der Waals surface area contributed by atoms with E-state index in [-0.39, 0.29) is 5.97 Å². The van der Waals surface area contributed by atoms with Gasteiger partial charge in [0, 0.05) is 6.07 Å². The molecule has 0 amide bonds. The molecule has 0 aliphatic carbocycles. The number of nitrogens with one attached hydrogen (secondary N) is 1. The number of ether oxygens (including phenoxy) is 1. The van der Waals surface area contributed by atoms with E-state index >= 15 is 0 Å². The molecule has 1 rings (SSSR count). The number of rotatable bonds is 2. The SMILES string of the molecule is COC(=O)c1ccc([N+](C)(C)C)[nH]1. The van der Waals surface area contributed by atoms with Gasteiger partial charge < -0.3 is 9.72 Å². The summed E-state index contributed by atoms with van der Waals surface area (Å²) >= 11 is 0. The average Bonchev–Trinajstić information content (AvgIpc) is 2.50. The van der Waals surface area contributed by atoms with Crippen LogP contribution in [0, 0.1) is 0 Å². The second-order valence-corrected chi connectivity index (χ2v) is 3.76. The quantitative estimate of drug-likeness (QED) is 0.549. The van der Waals surface area contributed by atoms with Gasteiger partial charge in [-0.1, -0.05) is 0 Å². The van der Waals surface area contributed by atoms with Gasteiger partial charge in [-0.05, 0) is 6.07 Å². The zero-order valence-electron chi connectivity index (χ0n) is 8.42. The number of H-pyrrole nitrogens is 1. The third kappa shape index (κ3) is 2.09. The number of methoxy groups -OCH3 is 1. The van der Waals surface area contributed by atoms with Crippen molar-refractivity contribution in [3.63, 3.8) is 0 Å². The Balaban J connectivity index is 2.93.